The van der Waals surface area contributed by atoms with Gasteiger partial charge in [0.25, 0.3) is 0 Å². The first-order chi connectivity index (χ1) is 12.5. The normalized spacial score (nSPS) is 19.8. The summed E-state index contributed by atoms with van der Waals surface area (Å²) in [6, 6.07) is 4.29. The van der Waals surface area contributed by atoms with Crippen LogP contribution in [0, 0.1) is 20.4 Å². The number of aryl methyl sites for hydroxylation is 2. The number of hydrogen-bond acceptors (Lipinski definition) is 2. The summed E-state index contributed by atoms with van der Waals surface area (Å²) in [5.41, 5.74) is 5.51. The van der Waals surface area contributed by atoms with Crippen molar-refractivity contribution in [3.05, 3.63) is 58.3 Å². The van der Waals surface area contributed by atoms with E-state index < -0.39 is 0 Å². The van der Waals surface area contributed by atoms with Crippen LogP contribution in [-0.2, 0) is 0 Å². The summed E-state index contributed by atoms with van der Waals surface area (Å²) < 4.78 is 2.25. The zero-order valence-electron chi connectivity index (χ0n) is 14.8. The van der Waals surface area contributed by atoms with Crippen molar-refractivity contribution in [1.82, 2.24) is 9.55 Å². The highest BCUT2D eigenvalue weighted by Crippen LogP contribution is 2.42. The molecule has 3 aromatic rings. The zero-order valence-corrected chi connectivity index (χ0v) is 15.6. The fourth-order valence-corrected chi connectivity index (χ4v) is 4.15. The maximum Gasteiger partial charge on any atom is 0.190 e. The van der Waals surface area contributed by atoms with Crippen LogP contribution in [-0.4, -0.2) is 20.8 Å². The van der Waals surface area contributed by atoms with Crippen molar-refractivity contribution in [2.24, 2.45) is 0 Å². The predicted molar refractivity (Wildman–Crippen MR) is 105 cm³/mol. The van der Waals surface area contributed by atoms with E-state index in [0.29, 0.717) is 10.7 Å². The van der Waals surface area contributed by atoms with E-state index in [-0.39, 0.29) is 12.1 Å². The van der Waals surface area contributed by atoms with Gasteiger partial charge in [-0.15, -0.1) is 0 Å². The van der Waals surface area contributed by atoms with Gasteiger partial charge in [-0.2, -0.15) is 0 Å². The van der Waals surface area contributed by atoms with Gasteiger partial charge >= 0.3 is 0 Å². The number of fused-ring (bicyclic) bond motifs is 1. The first-order valence-electron chi connectivity index (χ1n) is 8.80. The highest BCUT2D eigenvalue weighted by molar-refractivity contribution is 6.34. The third-order valence-electron chi connectivity index (χ3n) is 5.39. The number of aromatic nitrogens is 2. The van der Waals surface area contributed by atoms with Gasteiger partial charge in [0.2, 0.25) is 0 Å². The quantitative estimate of drug-likeness (QED) is 0.600. The van der Waals surface area contributed by atoms with Gasteiger partial charge in [-0.3, -0.25) is 4.98 Å². The molecule has 26 heavy (non-hydrogen) atoms. The standard InChI is InChI=1S/C21H20ClN3O/c1-12-6-20-16(8-19(12)23-3)18(17-10-24-9-13(2)21(17)22)11-25(20)14-4-5-15(26)7-14/h6,8-11,14-15,26H,4-5,7H2,1-2H3/t14-,15+/m1/s1. The highest BCUT2D eigenvalue weighted by atomic mass is 35.5. The third kappa shape index (κ3) is 2.68. The van der Waals surface area contributed by atoms with Crippen molar-refractivity contribution in [2.45, 2.75) is 45.3 Å². The number of benzene rings is 1. The lowest BCUT2D eigenvalue weighted by Gasteiger charge is -2.14. The smallest absolute Gasteiger partial charge is 0.190 e. The molecular weight excluding hydrogens is 346 g/mol. The van der Waals surface area contributed by atoms with Gasteiger partial charge in [-0.1, -0.05) is 11.6 Å². The highest BCUT2D eigenvalue weighted by Gasteiger charge is 2.27. The Balaban J connectivity index is 2.01. The first-order valence-corrected chi connectivity index (χ1v) is 9.18. The summed E-state index contributed by atoms with van der Waals surface area (Å²) in [4.78, 5) is 7.98. The zero-order chi connectivity index (χ0) is 18.4. The molecule has 0 unspecified atom stereocenters. The van der Waals surface area contributed by atoms with Crippen LogP contribution < -0.4 is 0 Å². The van der Waals surface area contributed by atoms with Gasteiger partial charge in [-0.05, 0) is 61.8 Å². The van der Waals surface area contributed by atoms with Crippen molar-refractivity contribution in [3.63, 3.8) is 0 Å². The summed E-state index contributed by atoms with van der Waals surface area (Å²) in [6.07, 6.45) is 7.95. The van der Waals surface area contributed by atoms with Crippen LogP contribution in [0.2, 0.25) is 5.02 Å². The van der Waals surface area contributed by atoms with Gasteiger partial charge in [0.1, 0.15) is 0 Å². The maximum atomic E-state index is 9.99. The van der Waals surface area contributed by atoms with Crippen molar-refractivity contribution in [3.8, 4) is 11.1 Å². The Labute approximate surface area is 157 Å². The number of rotatable bonds is 2. The van der Waals surface area contributed by atoms with E-state index in [1.165, 1.54) is 0 Å². The van der Waals surface area contributed by atoms with Crippen LogP contribution in [0.1, 0.15) is 36.4 Å². The van der Waals surface area contributed by atoms with Crippen LogP contribution >= 0.6 is 11.6 Å². The van der Waals surface area contributed by atoms with Crippen LogP contribution in [0.5, 0.6) is 0 Å². The van der Waals surface area contributed by atoms with Gasteiger partial charge in [-0.25, -0.2) is 4.85 Å². The average Bonchev–Trinajstić information content (AvgIpc) is 3.20. The molecule has 4 nitrogen and oxygen atoms in total. The third-order valence-corrected chi connectivity index (χ3v) is 5.89. The molecule has 1 N–H and O–H groups in total. The Morgan fingerprint density at radius 1 is 1.19 bits per heavy atom. The Hall–Kier alpha value is -2.35. The van der Waals surface area contributed by atoms with Crippen molar-refractivity contribution < 1.29 is 5.11 Å². The topological polar surface area (TPSA) is 42.4 Å². The average molecular weight is 366 g/mol. The number of aliphatic hydroxyl groups excluding tert-OH is 1. The molecule has 0 amide bonds. The first kappa shape index (κ1) is 17.1. The van der Waals surface area contributed by atoms with Crippen LogP contribution in [0.4, 0.5) is 5.69 Å². The second-order valence-corrected chi connectivity index (χ2v) is 7.53. The fraction of sp³-hybridized carbons (Fsp3) is 0.333. The number of aliphatic hydroxyl groups is 1. The molecule has 0 spiro atoms. The molecule has 4 rings (SSSR count). The Morgan fingerprint density at radius 3 is 2.69 bits per heavy atom. The molecule has 1 aromatic carbocycles. The Kier molecular flexibility index (Phi) is 4.22. The van der Waals surface area contributed by atoms with Crippen molar-refractivity contribution in [1.29, 1.82) is 0 Å². The van der Waals surface area contributed by atoms with Crippen molar-refractivity contribution >= 4 is 28.2 Å². The molecule has 1 saturated carbocycles. The number of hydrogen-bond donors (Lipinski definition) is 1. The van der Waals surface area contributed by atoms with E-state index in [1.54, 1.807) is 12.4 Å². The SMILES string of the molecule is [C-]#[N+]c1cc2c(-c3cncc(C)c3Cl)cn([C@@H]3CC[C@H](O)C3)c2cc1C. The summed E-state index contributed by atoms with van der Waals surface area (Å²) in [5.74, 6) is 0. The molecule has 0 aliphatic heterocycles. The molecule has 1 aliphatic carbocycles. The minimum Gasteiger partial charge on any atom is -0.393 e. The van der Waals surface area contributed by atoms with Crippen LogP contribution in [0.15, 0.2) is 30.7 Å². The minimum absolute atomic E-state index is 0.242. The Morgan fingerprint density at radius 2 is 2.00 bits per heavy atom. The van der Waals surface area contributed by atoms with Crippen molar-refractivity contribution in [2.75, 3.05) is 0 Å². The molecule has 2 heterocycles. The largest absolute Gasteiger partial charge is 0.393 e. The molecular formula is C21H20ClN3O. The molecule has 1 fully saturated rings. The molecule has 0 saturated heterocycles. The molecule has 132 valence electrons. The van der Waals surface area contributed by atoms with Gasteiger partial charge < -0.3 is 9.67 Å². The molecule has 5 heteroatoms. The molecule has 0 bridgehead atoms. The van der Waals surface area contributed by atoms with Gasteiger partial charge in [0.15, 0.2) is 5.69 Å². The molecule has 1 aliphatic rings. The number of nitrogens with zero attached hydrogens (tertiary/aromatic N) is 3. The van der Waals surface area contributed by atoms with E-state index in [4.69, 9.17) is 18.2 Å². The fourth-order valence-electron chi connectivity index (χ4n) is 3.95. The maximum absolute atomic E-state index is 9.99. The van der Waals surface area contributed by atoms with Crippen LogP contribution in [0.3, 0.4) is 0 Å². The second-order valence-electron chi connectivity index (χ2n) is 7.16. The monoisotopic (exact) mass is 365 g/mol. The van der Waals surface area contributed by atoms with Gasteiger partial charge in [0, 0.05) is 41.3 Å². The summed E-state index contributed by atoms with van der Waals surface area (Å²) in [6.45, 7) is 11.4. The van der Waals surface area contributed by atoms with E-state index in [0.717, 1.165) is 52.4 Å². The molecule has 2 aromatic heterocycles. The molecule has 0 radical (unpaired) electrons. The minimum atomic E-state index is -0.242. The van der Waals surface area contributed by atoms with Gasteiger partial charge in [0.05, 0.1) is 17.7 Å². The van der Waals surface area contributed by atoms with E-state index in [1.807, 2.05) is 19.9 Å². The summed E-state index contributed by atoms with van der Waals surface area (Å²) in [7, 11) is 0. The summed E-state index contributed by atoms with van der Waals surface area (Å²) in [5, 5.41) is 11.7. The Bertz CT molecular complexity index is 1050. The number of halogens is 1. The van der Waals surface area contributed by atoms with E-state index in [2.05, 4.69) is 26.7 Å². The van der Waals surface area contributed by atoms with Crippen LogP contribution in [0.25, 0.3) is 26.9 Å². The second kappa shape index (κ2) is 6.42. The lowest BCUT2D eigenvalue weighted by molar-refractivity contribution is 0.178. The predicted octanol–water partition coefficient (Wildman–Crippen LogP) is 5.61. The number of pyridine rings is 1. The summed E-state index contributed by atoms with van der Waals surface area (Å²) >= 11 is 6.58. The lowest BCUT2D eigenvalue weighted by atomic mass is 10.0. The van der Waals surface area contributed by atoms with E-state index in [9.17, 15) is 5.11 Å². The molecule has 2 atom stereocenters. The van der Waals surface area contributed by atoms with E-state index >= 15 is 0 Å². The lowest BCUT2D eigenvalue weighted by Crippen LogP contribution is -2.06.